The van der Waals surface area contributed by atoms with Crippen LogP contribution in [0, 0.1) is 6.92 Å². The summed E-state index contributed by atoms with van der Waals surface area (Å²) >= 11 is 6.17. The number of amides is 1. The van der Waals surface area contributed by atoms with Crippen LogP contribution in [0.3, 0.4) is 0 Å². The Bertz CT molecular complexity index is 1390. The van der Waals surface area contributed by atoms with Crippen molar-refractivity contribution in [2.24, 2.45) is 4.99 Å². The second-order valence-electron chi connectivity index (χ2n) is 10.6. The van der Waals surface area contributed by atoms with E-state index in [1.165, 1.54) is 4.90 Å². The van der Waals surface area contributed by atoms with E-state index < -0.39 is 17.7 Å². The molecule has 2 heterocycles. The molecule has 0 saturated heterocycles. The van der Waals surface area contributed by atoms with Crippen molar-refractivity contribution in [1.29, 1.82) is 0 Å². The van der Waals surface area contributed by atoms with Crippen LogP contribution in [-0.4, -0.2) is 63.6 Å². The van der Waals surface area contributed by atoms with Crippen molar-refractivity contribution in [1.82, 2.24) is 19.7 Å². The van der Waals surface area contributed by atoms with Gasteiger partial charge in [-0.3, -0.25) is 14.4 Å². The maximum atomic E-state index is 13.2. The lowest BCUT2D eigenvalue weighted by atomic mass is 9.99. The van der Waals surface area contributed by atoms with Crippen LogP contribution in [0.4, 0.5) is 4.79 Å². The first-order chi connectivity index (χ1) is 18.5. The minimum Gasteiger partial charge on any atom is -0.497 e. The van der Waals surface area contributed by atoms with E-state index in [4.69, 9.17) is 26.1 Å². The Morgan fingerprint density at radius 2 is 1.82 bits per heavy atom. The predicted molar refractivity (Wildman–Crippen MR) is 150 cm³/mol. The SMILES string of the molecule is COc1ccc2c(c1)C(c1ccc(Cl)cc1)=NC(CC(=O)CCCN(C)C(=O)OC(C)(C)C)c1nnc(C)n1-2. The molecule has 1 aliphatic heterocycles. The minimum absolute atomic E-state index is 0.0209. The molecule has 3 aromatic rings. The number of hydrogen-bond acceptors (Lipinski definition) is 7. The van der Waals surface area contributed by atoms with E-state index in [-0.39, 0.29) is 12.2 Å². The van der Waals surface area contributed by atoms with E-state index in [9.17, 15) is 9.59 Å². The number of aliphatic imine (C=N–C) groups is 1. The fourth-order valence-electron chi connectivity index (χ4n) is 4.44. The van der Waals surface area contributed by atoms with Crippen LogP contribution < -0.4 is 4.74 Å². The molecule has 1 unspecified atom stereocenters. The second kappa shape index (κ2) is 11.6. The summed E-state index contributed by atoms with van der Waals surface area (Å²) in [6.07, 6.45) is 0.547. The number of hydrogen-bond donors (Lipinski definition) is 0. The number of halogens is 1. The number of aromatic nitrogens is 3. The number of carbonyl (C=O) groups excluding carboxylic acids is 2. The Morgan fingerprint density at radius 3 is 2.49 bits per heavy atom. The molecule has 206 valence electrons. The quantitative estimate of drug-likeness (QED) is 0.354. The number of benzene rings is 2. The summed E-state index contributed by atoms with van der Waals surface area (Å²) < 4.78 is 12.9. The van der Waals surface area contributed by atoms with Gasteiger partial charge in [0.25, 0.3) is 0 Å². The molecule has 4 rings (SSSR count). The Labute approximate surface area is 233 Å². The van der Waals surface area contributed by atoms with Gasteiger partial charge >= 0.3 is 6.09 Å². The second-order valence-corrected chi connectivity index (χ2v) is 11.0. The molecule has 0 radical (unpaired) electrons. The van der Waals surface area contributed by atoms with Gasteiger partial charge in [-0.2, -0.15) is 0 Å². The first-order valence-corrected chi connectivity index (χ1v) is 13.2. The standard InChI is InChI=1S/C29H34ClN5O4/c1-18-32-33-27-24(16-21(36)8-7-15-34(5)28(37)39-29(2,3)4)31-26(19-9-11-20(30)12-10-19)23-17-22(38-6)13-14-25(23)35(18)27/h9-14,17,24H,7-8,15-16H2,1-6H3. The first-order valence-electron chi connectivity index (χ1n) is 12.9. The van der Waals surface area contributed by atoms with Crippen molar-refractivity contribution in [3.63, 3.8) is 0 Å². The van der Waals surface area contributed by atoms with Crippen LogP contribution in [0.5, 0.6) is 5.75 Å². The highest BCUT2D eigenvalue weighted by Crippen LogP contribution is 2.34. The van der Waals surface area contributed by atoms with Gasteiger partial charge in [-0.1, -0.05) is 23.7 Å². The molecule has 2 aromatic carbocycles. The molecule has 39 heavy (non-hydrogen) atoms. The molecule has 0 aliphatic carbocycles. The van der Waals surface area contributed by atoms with Gasteiger partial charge in [0.05, 0.1) is 18.5 Å². The van der Waals surface area contributed by atoms with E-state index in [1.807, 2.05) is 74.7 Å². The number of carbonyl (C=O) groups is 2. The predicted octanol–water partition coefficient (Wildman–Crippen LogP) is 5.74. The molecule has 1 aliphatic rings. The van der Waals surface area contributed by atoms with Crippen molar-refractivity contribution in [2.45, 2.75) is 58.6 Å². The van der Waals surface area contributed by atoms with Gasteiger partial charge in [0.15, 0.2) is 5.82 Å². The molecule has 1 atom stereocenters. The van der Waals surface area contributed by atoms with Crippen LogP contribution in [0.2, 0.25) is 5.02 Å². The fraction of sp³-hybridized carbons (Fsp3) is 0.414. The zero-order valence-corrected chi connectivity index (χ0v) is 24.0. The van der Waals surface area contributed by atoms with Crippen LogP contribution >= 0.6 is 11.6 Å². The third kappa shape index (κ3) is 6.65. The van der Waals surface area contributed by atoms with Crippen molar-refractivity contribution >= 4 is 29.2 Å². The van der Waals surface area contributed by atoms with Gasteiger partial charge in [0, 0.05) is 42.6 Å². The van der Waals surface area contributed by atoms with Crippen LogP contribution in [0.15, 0.2) is 47.5 Å². The zero-order valence-electron chi connectivity index (χ0n) is 23.2. The van der Waals surface area contributed by atoms with E-state index >= 15 is 0 Å². The molecular weight excluding hydrogens is 518 g/mol. The summed E-state index contributed by atoms with van der Waals surface area (Å²) in [6.45, 7) is 7.75. The summed E-state index contributed by atoms with van der Waals surface area (Å²) in [4.78, 5) is 32.0. The lowest BCUT2D eigenvalue weighted by molar-refractivity contribution is -0.119. The molecule has 0 saturated carbocycles. The van der Waals surface area contributed by atoms with Crippen molar-refractivity contribution in [2.75, 3.05) is 20.7 Å². The number of methoxy groups -OCH3 is 1. The lowest BCUT2D eigenvalue weighted by Crippen LogP contribution is -2.34. The molecule has 0 bridgehead atoms. The van der Waals surface area contributed by atoms with Crippen molar-refractivity contribution in [3.8, 4) is 11.4 Å². The summed E-state index contributed by atoms with van der Waals surface area (Å²) in [5, 5.41) is 9.36. The van der Waals surface area contributed by atoms with Gasteiger partial charge in [-0.15, -0.1) is 10.2 Å². The zero-order chi connectivity index (χ0) is 28.3. The number of Topliss-reactive ketones (excluding diaryl/α,β-unsaturated/α-hetero) is 1. The van der Waals surface area contributed by atoms with Gasteiger partial charge in [-0.25, -0.2) is 4.79 Å². The summed E-state index contributed by atoms with van der Waals surface area (Å²) in [6, 6.07) is 12.7. The van der Waals surface area contributed by atoms with E-state index in [0.717, 1.165) is 16.8 Å². The Balaban J connectivity index is 1.61. The topological polar surface area (TPSA) is 98.9 Å². The van der Waals surface area contributed by atoms with Crippen LogP contribution in [0.1, 0.15) is 68.9 Å². The highest BCUT2D eigenvalue weighted by Gasteiger charge is 2.30. The van der Waals surface area contributed by atoms with Crippen molar-refractivity contribution < 1.29 is 19.1 Å². The molecule has 0 fully saturated rings. The van der Waals surface area contributed by atoms with Crippen LogP contribution in [-0.2, 0) is 9.53 Å². The largest absolute Gasteiger partial charge is 0.497 e. The van der Waals surface area contributed by atoms with Gasteiger partial charge in [0.2, 0.25) is 0 Å². The number of ether oxygens (including phenoxy) is 2. The molecular formula is C29H34ClN5O4. The summed E-state index contributed by atoms with van der Waals surface area (Å²) in [7, 11) is 3.29. The number of nitrogens with zero attached hydrogens (tertiary/aromatic N) is 5. The van der Waals surface area contributed by atoms with Gasteiger partial charge in [-0.05, 0) is 64.4 Å². The summed E-state index contributed by atoms with van der Waals surface area (Å²) in [5.74, 6) is 2.00. The number of rotatable bonds is 8. The third-order valence-electron chi connectivity index (χ3n) is 6.33. The maximum absolute atomic E-state index is 13.2. The Kier molecular flexibility index (Phi) is 8.39. The third-order valence-corrected chi connectivity index (χ3v) is 6.58. The molecule has 0 spiro atoms. The van der Waals surface area contributed by atoms with E-state index in [0.29, 0.717) is 47.5 Å². The van der Waals surface area contributed by atoms with Gasteiger partial charge in [0.1, 0.15) is 29.0 Å². The number of ketones is 1. The minimum atomic E-state index is -0.573. The number of fused-ring (bicyclic) bond motifs is 3. The highest BCUT2D eigenvalue weighted by atomic mass is 35.5. The van der Waals surface area contributed by atoms with Crippen LogP contribution in [0.25, 0.3) is 5.69 Å². The van der Waals surface area contributed by atoms with E-state index in [1.54, 1.807) is 14.2 Å². The first kappa shape index (κ1) is 28.3. The molecule has 1 aromatic heterocycles. The smallest absolute Gasteiger partial charge is 0.410 e. The fourth-order valence-corrected chi connectivity index (χ4v) is 4.57. The van der Waals surface area contributed by atoms with Gasteiger partial charge < -0.3 is 14.4 Å². The lowest BCUT2D eigenvalue weighted by Gasteiger charge is -2.24. The Morgan fingerprint density at radius 1 is 1.10 bits per heavy atom. The average Bonchev–Trinajstić information content (AvgIpc) is 3.20. The maximum Gasteiger partial charge on any atom is 0.410 e. The monoisotopic (exact) mass is 551 g/mol. The van der Waals surface area contributed by atoms with E-state index in [2.05, 4.69) is 10.2 Å². The summed E-state index contributed by atoms with van der Waals surface area (Å²) in [5.41, 5.74) is 2.70. The average molecular weight is 552 g/mol. The Hall–Kier alpha value is -3.72. The molecule has 10 heteroatoms. The molecule has 9 nitrogen and oxygen atoms in total. The number of aryl methyl sites for hydroxylation is 1. The van der Waals surface area contributed by atoms with Crippen molar-refractivity contribution in [3.05, 3.63) is 70.3 Å². The molecule has 0 N–H and O–H groups in total. The normalized spacial score (nSPS) is 14.5. The molecule has 1 amide bonds. The highest BCUT2D eigenvalue weighted by molar-refractivity contribution is 6.30.